The van der Waals surface area contributed by atoms with Crippen LogP contribution in [0.2, 0.25) is 0 Å². The van der Waals surface area contributed by atoms with Crippen LogP contribution in [0.25, 0.3) is 5.65 Å². The highest BCUT2D eigenvalue weighted by Crippen LogP contribution is 2.18. The molecule has 7 heteroatoms. The van der Waals surface area contributed by atoms with Crippen LogP contribution in [0.5, 0.6) is 5.75 Å². The van der Waals surface area contributed by atoms with Crippen LogP contribution in [0.1, 0.15) is 17.0 Å². The number of methoxy groups -OCH3 is 1. The van der Waals surface area contributed by atoms with Crippen molar-refractivity contribution in [1.29, 1.82) is 5.26 Å². The number of nitrogens with one attached hydrogen (secondary N) is 1. The van der Waals surface area contributed by atoms with Gasteiger partial charge in [0, 0.05) is 12.1 Å². The summed E-state index contributed by atoms with van der Waals surface area (Å²) in [4.78, 5) is 0. The molecule has 4 rings (SSSR count). The molecule has 0 amide bonds. The summed E-state index contributed by atoms with van der Waals surface area (Å²) in [6.07, 6.45) is 0.603. The van der Waals surface area contributed by atoms with Gasteiger partial charge in [0.1, 0.15) is 5.75 Å². The van der Waals surface area contributed by atoms with Crippen LogP contribution in [0.15, 0.2) is 60.7 Å². The van der Waals surface area contributed by atoms with E-state index < -0.39 is 0 Å². The molecule has 0 fully saturated rings. The molecule has 132 valence electrons. The zero-order valence-electron chi connectivity index (χ0n) is 14.6. The number of anilines is 2. The van der Waals surface area contributed by atoms with Gasteiger partial charge in [-0.05, 0) is 48.0 Å². The number of nitrogens with zero attached hydrogens (tertiary/aromatic N) is 5. The lowest BCUT2D eigenvalue weighted by Crippen LogP contribution is -2.03. The number of fused-ring (bicyclic) bond motifs is 1. The fourth-order valence-electron chi connectivity index (χ4n) is 2.75. The van der Waals surface area contributed by atoms with E-state index in [-0.39, 0.29) is 0 Å². The van der Waals surface area contributed by atoms with Crippen LogP contribution < -0.4 is 10.1 Å². The van der Waals surface area contributed by atoms with Crippen LogP contribution in [-0.4, -0.2) is 26.9 Å². The third kappa shape index (κ3) is 3.55. The molecule has 4 aromatic rings. The molecule has 0 radical (unpaired) electrons. The van der Waals surface area contributed by atoms with Crippen LogP contribution in [0.3, 0.4) is 0 Å². The Bertz CT molecular complexity index is 1130. The van der Waals surface area contributed by atoms with Gasteiger partial charge in [0.2, 0.25) is 0 Å². The van der Waals surface area contributed by atoms with Crippen molar-refractivity contribution in [3.05, 3.63) is 77.6 Å². The molecule has 7 nitrogen and oxygen atoms in total. The van der Waals surface area contributed by atoms with E-state index in [4.69, 9.17) is 10.00 Å². The summed E-state index contributed by atoms with van der Waals surface area (Å²) in [5.41, 5.74) is 3.15. The first kappa shape index (κ1) is 16.5. The monoisotopic (exact) mass is 356 g/mol. The number of hydrogen-bond acceptors (Lipinski definition) is 6. The smallest absolute Gasteiger partial charge is 0.178 e. The first-order valence-corrected chi connectivity index (χ1v) is 8.36. The van der Waals surface area contributed by atoms with Gasteiger partial charge < -0.3 is 10.1 Å². The minimum absolute atomic E-state index is 0.588. The van der Waals surface area contributed by atoms with Crippen molar-refractivity contribution in [2.24, 2.45) is 0 Å². The fourth-order valence-corrected chi connectivity index (χ4v) is 2.75. The van der Waals surface area contributed by atoms with Crippen molar-refractivity contribution >= 4 is 17.2 Å². The second-order valence-electron chi connectivity index (χ2n) is 5.95. The maximum absolute atomic E-state index is 9.03. The van der Waals surface area contributed by atoms with Gasteiger partial charge in [0.15, 0.2) is 17.3 Å². The molecule has 0 saturated heterocycles. The van der Waals surface area contributed by atoms with Gasteiger partial charge >= 0.3 is 0 Å². The number of benzene rings is 2. The second kappa shape index (κ2) is 7.14. The molecule has 0 aliphatic rings. The van der Waals surface area contributed by atoms with Crippen molar-refractivity contribution < 1.29 is 4.74 Å². The average molecular weight is 356 g/mol. The van der Waals surface area contributed by atoms with Crippen LogP contribution in [-0.2, 0) is 6.42 Å². The Hall–Kier alpha value is -3.92. The summed E-state index contributed by atoms with van der Waals surface area (Å²) in [5, 5.41) is 25.3. The van der Waals surface area contributed by atoms with Crippen molar-refractivity contribution in [1.82, 2.24) is 19.8 Å². The summed E-state index contributed by atoms with van der Waals surface area (Å²) < 4.78 is 6.91. The minimum Gasteiger partial charge on any atom is -0.497 e. The first-order chi connectivity index (χ1) is 13.2. The van der Waals surface area contributed by atoms with Crippen molar-refractivity contribution in [2.45, 2.75) is 6.42 Å². The normalized spacial score (nSPS) is 10.5. The zero-order valence-corrected chi connectivity index (χ0v) is 14.6. The first-order valence-electron chi connectivity index (χ1n) is 8.36. The predicted molar refractivity (Wildman–Crippen MR) is 101 cm³/mol. The van der Waals surface area contributed by atoms with E-state index in [1.165, 1.54) is 0 Å². The molecule has 2 aromatic heterocycles. The van der Waals surface area contributed by atoms with E-state index in [9.17, 15) is 0 Å². The third-order valence-corrected chi connectivity index (χ3v) is 4.11. The van der Waals surface area contributed by atoms with Crippen molar-refractivity contribution in [3.63, 3.8) is 0 Å². The van der Waals surface area contributed by atoms with E-state index in [1.54, 1.807) is 23.8 Å². The molecule has 0 bridgehead atoms. The average Bonchev–Trinajstić information content (AvgIpc) is 3.11. The molecule has 2 heterocycles. The number of ether oxygens (including phenoxy) is 1. The van der Waals surface area contributed by atoms with Gasteiger partial charge in [-0.1, -0.05) is 18.2 Å². The molecule has 0 unspecified atom stereocenters. The largest absolute Gasteiger partial charge is 0.497 e. The number of nitriles is 1. The van der Waals surface area contributed by atoms with Crippen molar-refractivity contribution in [2.75, 3.05) is 12.4 Å². The summed E-state index contributed by atoms with van der Waals surface area (Å²) >= 11 is 0. The molecule has 0 saturated carbocycles. The van der Waals surface area contributed by atoms with E-state index in [0.717, 1.165) is 22.8 Å². The Morgan fingerprint density at radius 3 is 2.70 bits per heavy atom. The highest BCUT2D eigenvalue weighted by molar-refractivity contribution is 5.59. The third-order valence-electron chi connectivity index (χ3n) is 4.11. The lowest BCUT2D eigenvalue weighted by molar-refractivity contribution is 0.414. The van der Waals surface area contributed by atoms with Crippen molar-refractivity contribution in [3.8, 4) is 11.8 Å². The lowest BCUT2D eigenvalue weighted by Gasteiger charge is -2.07. The van der Waals surface area contributed by atoms with E-state index in [2.05, 4.69) is 26.7 Å². The Morgan fingerprint density at radius 2 is 1.93 bits per heavy atom. The summed E-state index contributed by atoms with van der Waals surface area (Å²) in [6.45, 7) is 0. The van der Waals surface area contributed by atoms with Crippen LogP contribution in [0, 0.1) is 11.3 Å². The topological polar surface area (TPSA) is 88.1 Å². The highest BCUT2D eigenvalue weighted by Gasteiger charge is 2.09. The number of hydrogen-bond donors (Lipinski definition) is 1. The van der Waals surface area contributed by atoms with E-state index in [0.29, 0.717) is 23.4 Å². The van der Waals surface area contributed by atoms with E-state index in [1.807, 2.05) is 48.5 Å². The maximum Gasteiger partial charge on any atom is 0.178 e. The summed E-state index contributed by atoms with van der Waals surface area (Å²) in [5.74, 6) is 2.20. The molecule has 27 heavy (non-hydrogen) atoms. The maximum atomic E-state index is 9.03. The molecule has 1 N–H and O–H groups in total. The minimum atomic E-state index is 0.588. The zero-order chi connectivity index (χ0) is 18.6. The van der Waals surface area contributed by atoms with Crippen LogP contribution >= 0.6 is 0 Å². The molecule has 2 aromatic carbocycles. The molecular formula is C20H16N6O. The molecule has 0 aliphatic carbocycles. The number of rotatable bonds is 5. The fraction of sp³-hybridized carbons (Fsp3) is 0.100. The molecule has 0 atom stereocenters. The predicted octanol–water partition coefficient (Wildman–Crippen LogP) is 3.34. The lowest BCUT2D eigenvalue weighted by atomic mass is 10.1. The SMILES string of the molecule is COc1ccc(Cc2nnc3ccc(Nc4cccc(C#N)c4)nn23)cc1. The second-order valence-corrected chi connectivity index (χ2v) is 5.95. The quantitative estimate of drug-likeness (QED) is 0.590. The highest BCUT2D eigenvalue weighted by atomic mass is 16.5. The Balaban J connectivity index is 1.61. The molecule has 0 aliphatic heterocycles. The molecule has 0 spiro atoms. The summed E-state index contributed by atoms with van der Waals surface area (Å²) in [6, 6.07) is 20.9. The molecular weight excluding hydrogens is 340 g/mol. The van der Waals surface area contributed by atoms with Gasteiger partial charge in [-0.3, -0.25) is 0 Å². The van der Waals surface area contributed by atoms with Gasteiger partial charge in [-0.15, -0.1) is 15.3 Å². The van der Waals surface area contributed by atoms with Gasteiger partial charge in [-0.2, -0.15) is 9.78 Å². The van der Waals surface area contributed by atoms with Gasteiger partial charge in [-0.25, -0.2) is 0 Å². The summed E-state index contributed by atoms with van der Waals surface area (Å²) in [7, 11) is 1.64. The Kier molecular flexibility index (Phi) is 4.37. The standard InChI is InChI=1S/C20H16N6O/c1-27-17-7-5-14(6-8-17)12-20-24-23-19-10-9-18(25-26(19)20)22-16-4-2-3-15(11-16)13-21/h2-11H,12H2,1H3,(H,22,25). The van der Waals surface area contributed by atoms with Crippen LogP contribution in [0.4, 0.5) is 11.5 Å². The Labute approximate surface area is 155 Å². The number of aromatic nitrogens is 4. The Morgan fingerprint density at radius 1 is 1.07 bits per heavy atom. The van der Waals surface area contributed by atoms with Gasteiger partial charge in [0.25, 0.3) is 0 Å². The van der Waals surface area contributed by atoms with E-state index >= 15 is 0 Å². The van der Waals surface area contributed by atoms with Gasteiger partial charge in [0.05, 0.1) is 18.7 Å².